The molecule has 1 rings (SSSR count). The Morgan fingerprint density at radius 1 is 1.00 bits per heavy atom. The smallest absolute Gasteiger partial charge is 0.103 e. The second kappa shape index (κ2) is 10.4. The maximum atomic E-state index is 10.8. The predicted octanol–water partition coefficient (Wildman–Crippen LogP) is 5.70. The second-order valence-electron chi connectivity index (χ2n) is 6.24. The number of rotatable bonds is 12. The summed E-state index contributed by atoms with van der Waals surface area (Å²) in [5, 5.41) is 10.8. The Balaban J connectivity index is 2.59. The Hall–Kier alpha value is -1.34. The van der Waals surface area contributed by atoms with Gasteiger partial charge in [0.15, 0.2) is 0 Å². The fourth-order valence-electron chi connectivity index (χ4n) is 2.98. The van der Waals surface area contributed by atoms with Crippen molar-refractivity contribution in [3.8, 4) is 0 Å². The Labute approximate surface area is 136 Å². The first-order valence-electron chi connectivity index (χ1n) is 8.69. The fraction of sp³-hybridized carbons (Fsp3) is 0.524. The summed E-state index contributed by atoms with van der Waals surface area (Å²) in [6, 6.07) is 10.4. The van der Waals surface area contributed by atoms with E-state index in [0.717, 1.165) is 19.3 Å². The molecule has 1 heteroatoms. The third-order valence-electron chi connectivity index (χ3n) is 4.54. The van der Waals surface area contributed by atoms with E-state index in [1.807, 2.05) is 6.07 Å². The molecule has 1 N–H and O–H groups in total. The SMILES string of the molecule is C=CC(O)(C=C)C(CCCCCCCC)Cc1ccccc1. The summed E-state index contributed by atoms with van der Waals surface area (Å²) in [6.45, 7) is 9.87. The van der Waals surface area contributed by atoms with Gasteiger partial charge in [-0.15, -0.1) is 0 Å². The van der Waals surface area contributed by atoms with Crippen molar-refractivity contribution >= 4 is 0 Å². The third kappa shape index (κ3) is 6.19. The molecule has 0 saturated carbocycles. The summed E-state index contributed by atoms with van der Waals surface area (Å²) in [4.78, 5) is 0. The molecule has 0 fully saturated rings. The van der Waals surface area contributed by atoms with Crippen LogP contribution < -0.4 is 0 Å². The monoisotopic (exact) mass is 300 g/mol. The highest BCUT2D eigenvalue weighted by Gasteiger charge is 2.30. The van der Waals surface area contributed by atoms with Gasteiger partial charge in [-0.1, -0.05) is 101 Å². The summed E-state index contributed by atoms with van der Waals surface area (Å²) in [7, 11) is 0. The van der Waals surface area contributed by atoms with Gasteiger partial charge in [0.05, 0.1) is 0 Å². The van der Waals surface area contributed by atoms with E-state index in [9.17, 15) is 5.11 Å². The molecule has 0 aliphatic rings. The van der Waals surface area contributed by atoms with Gasteiger partial charge in [0, 0.05) is 0 Å². The van der Waals surface area contributed by atoms with Crippen LogP contribution in [0.1, 0.15) is 57.4 Å². The maximum Gasteiger partial charge on any atom is 0.103 e. The van der Waals surface area contributed by atoms with Crippen molar-refractivity contribution in [3.05, 3.63) is 61.2 Å². The summed E-state index contributed by atoms with van der Waals surface area (Å²) < 4.78 is 0. The Morgan fingerprint density at radius 2 is 1.59 bits per heavy atom. The molecule has 0 aliphatic carbocycles. The van der Waals surface area contributed by atoms with Crippen molar-refractivity contribution in [3.63, 3.8) is 0 Å². The summed E-state index contributed by atoms with van der Waals surface area (Å²) in [5.74, 6) is 0.149. The zero-order chi connectivity index (χ0) is 16.3. The molecule has 1 aromatic rings. The largest absolute Gasteiger partial charge is 0.381 e. The first-order chi connectivity index (χ1) is 10.7. The van der Waals surface area contributed by atoms with Crippen LogP contribution >= 0.6 is 0 Å². The lowest BCUT2D eigenvalue weighted by atomic mass is 9.79. The highest BCUT2D eigenvalue weighted by atomic mass is 16.3. The quantitative estimate of drug-likeness (QED) is 0.388. The normalized spacial score (nSPS) is 12.8. The average molecular weight is 300 g/mol. The van der Waals surface area contributed by atoms with Gasteiger partial charge >= 0.3 is 0 Å². The van der Waals surface area contributed by atoms with Crippen LogP contribution in [0.3, 0.4) is 0 Å². The molecule has 1 nitrogen and oxygen atoms in total. The minimum absolute atomic E-state index is 0.149. The molecule has 0 heterocycles. The maximum absolute atomic E-state index is 10.8. The summed E-state index contributed by atoms with van der Waals surface area (Å²) in [6.07, 6.45) is 12.8. The van der Waals surface area contributed by atoms with Crippen LogP contribution in [0.5, 0.6) is 0 Å². The van der Waals surface area contributed by atoms with Crippen LogP contribution in [0, 0.1) is 5.92 Å². The van der Waals surface area contributed by atoms with E-state index in [4.69, 9.17) is 0 Å². The molecule has 0 bridgehead atoms. The van der Waals surface area contributed by atoms with Gasteiger partial charge in [-0.2, -0.15) is 0 Å². The van der Waals surface area contributed by atoms with E-state index in [1.54, 1.807) is 12.2 Å². The minimum atomic E-state index is -0.973. The van der Waals surface area contributed by atoms with E-state index in [-0.39, 0.29) is 5.92 Å². The summed E-state index contributed by atoms with van der Waals surface area (Å²) >= 11 is 0. The highest BCUT2D eigenvalue weighted by Crippen LogP contribution is 2.29. The van der Waals surface area contributed by atoms with Gasteiger partial charge in [-0.25, -0.2) is 0 Å². The second-order valence-corrected chi connectivity index (χ2v) is 6.24. The van der Waals surface area contributed by atoms with Crippen LogP contribution in [-0.4, -0.2) is 10.7 Å². The van der Waals surface area contributed by atoms with E-state index in [2.05, 4.69) is 44.3 Å². The zero-order valence-corrected chi connectivity index (χ0v) is 14.1. The zero-order valence-electron chi connectivity index (χ0n) is 14.1. The molecule has 1 aromatic carbocycles. The molecule has 0 aliphatic heterocycles. The van der Waals surface area contributed by atoms with Crippen LogP contribution in [0.2, 0.25) is 0 Å². The number of hydrogen-bond acceptors (Lipinski definition) is 1. The van der Waals surface area contributed by atoms with Crippen molar-refractivity contribution in [2.75, 3.05) is 0 Å². The van der Waals surface area contributed by atoms with Crippen LogP contribution in [-0.2, 0) is 6.42 Å². The molecule has 0 saturated heterocycles. The Bertz CT molecular complexity index is 413. The molecule has 122 valence electrons. The lowest BCUT2D eigenvalue weighted by molar-refractivity contribution is 0.0691. The van der Waals surface area contributed by atoms with Crippen molar-refractivity contribution < 1.29 is 5.11 Å². The topological polar surface area (TPSA) is 20.2 Å². The van der Waals surface area contributed by atoms with Gasteiger partial charge in [-0.05, 0) is 24.3 Å². The first kappa shape index (κ1) is 18.7. The van der Waals surface area contributed by atoms with Crippen molar-refractivity contribution in [1.29, 1.82) is 0 Å². The first-order valence-corrected chi connectivity index (χ1v) is 8.69. The van der Waals surface area contributed by atoms with E-state index < -0.39 is 5.60 Å². The number of unbranched alkanes of at least 4 members (excludes halogenated alkanes) is 5. The molecule has 22 heavy (non-hydrogen) atoms. The van der Waals surface area contributed by atoms with Crippen LogP contribution in [0.15, 0.2) is 55.6 Å². The van der Waals surface area contributed by atoms with Gasteiger partial charge < -0.3 is 5.11 Å². The van der Waals surface area contributed by atoms with Crippen molar-refractivity contribution in [2.24, 2.45) is 5.92 Å². The van der Waals surface area contributed by atoms with Gasteiger partial charge in [0.1, 0.15) is 5.60 Å². The number of hydrogen-bond donors (Lipinski definition) is 1. The molecular formula is C21H32O. The van der Waals surface area contributed by atoms with Crippen molar-refractivity contribution in [2.45, 2.75) is 63.9 Å². The molecule has 0 amide bonds. The Morgan fingerprint density at radius 3 is 2.18 bits per heavy atom. The third-order valence-corrected chi connectivity index (χ3v) is 4.54. The average Bonchev–Trinajstić information content (AvgIpc) is 2.57. The van der Waals surface area contributed by atoms with Gasteiger partial charge in [0.25, 0.3) is 0 Å². The predicted molar refractivity (Wildman–Crippen MR) is 97.0 cm³/mol. The van der Waals surface area contributed by atoms with E-state index >= 15 is 0 Å². The lowest BCUT2D eigenvalue weighted by Gasteiger charge is -2.31. The standard InChI is InChI=1S/C21H32O/c1-4-7-8-9-10-14-17-20(21(22,5-2)6-3)18-19-15-12-11-13-16-19/h5-6,11-13,15-16,20,22H,2-4,7-10,14,17-18H2,1H3. The molecular weight excluding hydrogens is 268 g/mol. The molecule has 0 spiro atoms. The van der Waals surface area contributed by atoms with Crippen LogP contribution in [0.25, 0.3) is 0 Å². The van der Waals surface area contributed by atoms with Crippen molar-refractivity contribution in [1.82, 2.24) is 0 Å². The molecule has 1 atom stereocenters. The summed E-state index contributed by atoms with van der Waals surface area (Å²) in [5.41, 5.74) is 0.291. The molecule has 0 aromatic heterocycles. The van der Waals surface area contributed by atoms with Gasteiger partial charge in [0.2, 0.25) is 0 Å². The van der Waals surface area contributed by atoms with E-state index in [1.165, 1.54) is 37.7 Å². The minimum Gasteiger partial charge on any atom is -0.381 e. The van der Waals surface area contributed by atoms with Crippen LogP contribution in [0.4, 0.5) is 0 Å². The molecule has 0 radical (unpaired) electrons. The number of aliphatic hydroxyl groups is 1. The Kier molecular flexibility index (Phi) is 8.84. The fourth-order valence-corrected chi connectivity index (χ4v) is 2.98. The van der Waals surface area contributed by atoms with E-state index in [0.29, 0.717) is 0 Å². The molecule has 1 unspecified atom stereocenters. The highest BCUT2D eigenvalue weighted by molar-refractivity contribution is 5.19. The van der Waals surface area contributed by atoms with Gasteiger partial charge in [-0.3, -0.25) is 0 Å². The lowest BCUT2D eigenvalue weighted by Crippen LogP contribution is -2.34. The number of benzene rings is 1.